The first kappa shape index (κ1) is 11.3. The molecular formula is C11H12BrNS2. The fourth-order valence-corrected chi connectivity index (χ4v) is 4.12. The molecule has 0 saturated heterocycles. The summed E-state index contributed by atoms with van der Waals surface area (Å²) in [5.74, 6) is 0. The highest BCUT2D eigenvalue weighted by Gasteiger charge is 2.16. The smallest absolute Gasteiger partial charge is 0.0762 e. The Morgan fingerprint density at radius 2 is 2.20 bits per heavy atom. The number of halogens is 1. The Kier molecular flexibility index (Phi) is 3.61. The molecular weight excluding hydrogens is 290 g/mol. The molecule has 0 aliphatic heterocycles. The highest BCUT2D eigenvalue weighted by Crippen LogP contribution is 2.34. The van der Waals surface area contributed by atoms with Gasteiger partial charge >= 0.3 is 0 Å². The summed E-state index contributed by atoms with van der Waals surface area (Å²) in [5.41, 5.74) is 0. The maximum atomic E-state index is 3.56. The molecule has 80 valence electrons. The summed E-state index contributed by atoms with van der Waals surface area (Å²) in [4.78, 5) is 4.07. The van der Waals surface area contributed by atoms with Crippen LogP contribution in [0.3, 0.4) is 0 Å². The van der Waals surface area contributed by atoms with Crippen molar-refractivity contribution in [2.45, 2.75) is 13.0 Å². The second kappa shape index (κ2) is 4.78. The number of thiophene rings is 2. The van der Waals surface area contributed by atoms with Gasteiger partial charge in [0.1, 0.15) is 0 Å². The van der Waals surface area contributed by atoms with Crippen molar-refractivity contribution in [2.24, 2.45) is 0 Å². The second-order valence-corrected chi connectivity index (χ2v) is 6.41. The third-order valence-electron chi connectivity index (χ3n) is 2.28. The van der Waals surface area contributed by atoms with E-state index in [-0.39, 0.29) is 0 Å². The van der Waals surface area contributed by atoms with Crippen molar-refractivity contribution < 1.29 is 0 Å². The maximum Gasteiger partial charge on any atom is 0.0762 e. The number of nitrogens with one attached hydrogen (secondary N) is 1. The topological polar surface area (TPSA) is 12.0 Å². The third-order valence-corrected chi connectivity index (χ3v) is 5.42. The lowest BCUT2D eigenvalue weighted by Crippen LogP contribution is -2.14. The van der Waals surface area contributed by atoms with Gasteiger partial charge in [0.25, 0.3) is 0 Å². The van der Waals surface area contributed by atoms with E-state index in [0.717, 1.165) is 0 Å². The highest BCUT2D eigenvalue weighted by atomic mass is 79.9. The molecule has 1 atom stereocenters. The Labute approximate surface area is 106 Å². The molecule has 0 radical (unpaired) electrons. The van der Waals surface area contributed by atoms with E-state index in [4.69, 9.17) is 0 Å². The van der Waals surface area contributed by atoms with Crippen LogP contribution in [0.2, 0.25) is 0 Å². The van der Waals surface area contributed by atoms with Crippen molar-refractivity contribution in [2.75, 3.05) is 7.05 Å². The zero-order valence-electron chi connectivity index (χ0n) is 8.58. The Morgan fingerprint density at radius 3 is 2.67 bits per heavy atom. The molecule has 0 bridgehead atoms. The number of aryl methyl sites for hydroxylation is 1. The molecule has 1 unspecified atom stereocenters. The molecule has 0 aliphatic carbocycles. The summed E-state index contributed by atoms with van der Waals surface area (Å²) in [7, 11) is 2.01. The van der Waals surface area contributed by atoms with E-state index >= 15 is 0 Å². The van der Waals surface area contributed by atoms with Crippen molar-refractivity contribution in [1.29, 1.82) is 0 Å². The first-order valence-corrected chi connectivity index (χ1v) is 7.17. The first-order chi connectivity index (χ1) is 7.22. The normalized spacial score (nSPS) is 13.0. The summed E-state index contributed by atoms with van der Waals surface area (Å²) in [5, 5.41) is 5.48. The second-order valence-electron chi connectivity index (χ2n) is 3.29. The molecule has 2 aromatic rings. The van der Waals surface area contributed by atoms with E-state index < -0.39 is 0 Å². The average molecular weight is 302 g/mol. The monoisotopic (exact) mass is 301 g/mol. The molecule has 2 rings (SSSR count). The fraction of sp³-hybridized carbons (Fsp3) is 0.273. The van der Waals surface area contributed by atoms with Crippen molar-refractivity contribution in [3.8, 4) is 0 Å². The van der Waals surface area contributed by atoms with E-state index in [1.807, 2.05) is 18.4 Å². The molecule has 0 amide bonds. The van der Waals surface area contributed by atoms with Crippen LogP contribution < -0.4 is 5.32 Å². The van der Waals surface area contributed by atoms with E-state index in [9.17, 15) is 0 Å². The van der Waals surface area contributed by atoms with Gasteiger partial charge in [-0.2, -0.15) is 0 Å². The molecule has 15 heavy (non-hydrogen) atoms. The van der Waals surface area contributed by atoms with Gasteiger partial charge in [-0.25, -0.2) is 0 Å². The molecule has 0 aromatic carbocycles. The van der Waals surface area contributed by atoms with Crippen LogP contribution in [-0.4, -0.2) is 7.05 Å². The fourth-order valence-electron chi connectivity index (χ4n) is 1.50. The zero-order valence-corrected chi connectivity index (χ0v) is 11.8. The van der Waals surface area contributed by atoms with Gasteiger partial charge < -0.3 is 5.32 Å². The minimum absolute atomic E-state index is 0.333. The quantitative estimate of drug-likeness (QED) is 0.896. The van der Waals surface area contributed by atoms with Crippen LogP contribution in [0.5, 0.6) is 0 Å². The van der Waals surface area contributed by atoms with E-state index in [1.54, 1.807) is 11.3 Å². The Hall–Kier alpha value is -0.160. The van der Waals surface area contributed by atoms with Gasteiger partial charge in [-0.1, -0.05) is 6.07 Å². The van der Waals surface area contributed by atoms with Crippen LogP contribution in [0.4, 0.5) is 0 Å². The van der Waals surface area contributed by atoms with Crippen LogP contribution in [-0.2, 0) is 0 Å². The minimum Gasteiger partial charge on any atom is -0.308 e. The summed E-state index contributed by atoms with van der Waals surface area (Å²) in [6.45, 7) is 2.14. The molecule has 0 spiro atoms. The summed E-state index contributed by atoms with van der Waals surface area (Å²) >= 11 is 7.20. The van der Waals surface area contributed by atoms with Crippen LogP contribution in [0.15, 0.2) is 28.1 Å². The van der Waals surface area contributed by atoms with Gasteiger partial charge in [0.2, 0.25) is 0 Å². The average Bonchev–Trinajstić information content (AvgIpc) is 2.80. The van der Waals surface area contributed by atoms with E-state index in [2.05, 4.69) is 51.7 Å². The molecule has 4 heteroatoms. The van der Waals surface area contributed by atoms with Crippen molar-refractivity contribution >= 4 is 38.6 Å². The van der Waals surface area contributed by atoms with Gasteiger partial charge in [-0.05, 0) is 47.4 Å². The van der Waals surface area contributed by atoms with Crippen LogP contribution in [0, 0.1) is 6.92 Å². The van der Waals surface area contributed by atoms with Gasteiger partial charge in [0, 0.05) is 19.1 Å². The standard InChI is InChI=1S/C11H12BrNS2/c1-7-8(12)6-10(15-7)11(13-2)9-4-3-5-14-9/h3-6,11,13H,1-2H3. The molecule has 0 aliphatic rings. The number of hydrogen-bond acceptors (Lipinski definition) is 3. The SMILES string of the molecule is CNC(c1cccs1)c1cc(Br)c(C)s1. The first-order valence-electron chi connectivity index (χ1n) is 4.69. The van der Waals surface area contributed by atoms with Gasteiger partial charge in [-0.15, -0.1) is 22.7 Å². The van der Waals surface area contributed by atoms with Crippen LogP contribution >= 0.6 is 38.6 Å². The zero-order chi connectivity index (χ0) is 10.8. The lowest BCUT2D eigenvalue weighted by atomic mass is 10.2. The summed E-state index contributed by atoms with van der Waals surface area (Å²) in [6, 6.07) is 6.82. The van der Waals surface area contributed by atoms with Crippen LogP contribution in [0.25, 0.3) is 0 Å². The van der Waals surface area contributed by atoms with Crippen LogP contribution in [0.1, 0.15) is 20.7 Å². The predicted molar refractivity (Wildman–Crippen MR) is 72.0 cm³/mol. The predicted octanol–water partition coefficient (Wildman–Crippen LogP) is 4.19. The molecule has 2 aromatic heterocycles. The minimum atomic E-state index is 0.333. The molecule has 0 fully saturated rings. The molecule has 0 saturated carbocycles. The van der Waals surface area contributed by atoms with Gasteiger partial charge in [-0.3, -0.25) is 0 Å². The summed E-state index contributed by atoms with van der Waals surface area (Å²) < 4.78 is 1.21. The highest BCUT2D eigenvalue weighted by molar-refractivity contribution is 9.10. The molecule has 1 N–H and O–H groups in total. The lowest BCUT2D eigenvalue weighted by Gasteiger charge is -2.11. The van der Waals surface area contributed by atoms with Crippen molar-refractivity contribution in [1.82, 2.24) is 5.32 Å². The number of hydrogen-bond donors (Lipinski definition) is 1. The molecule has 2 heterocycles. The van der Waals surface area contributed by atoms with Gasteiger partial charge in [0.05, 0.1) is 6.04 Å². The van der Waals surface area contributed by atoms with Crippen molar-refractivity contribution in [3.05, 3.63) is 42.7 Å². The van der Waals surface area contributed by atoms with Gasteiger partial charge in [0.15, 0.2) is 0 Å². The molecule has 1 nitrogen and oxygen atoms in total. The van der Waals surface area contributed by atoms with E-state index in [0.29, 0.717) is 6.04 Å². The Bertz CT molecular complexity index is 414. The lowest BCUT2D eigenvalue weighted by molar-refractivity contribution is 0.716. The Morgan fingerprint density at radius 1 is 1.40 bits per heavy atom. The number of rotatable bonds is 3. The maximum absolute atomic E-state index is 3.56. The third kappa shape index (κ3) is 2.33. The largest absolute Gasteiger partial charge is 0.308 e. The summed E-state index contributed by atoms with van der Waals surface area (Å²) in [6.07, 6.45) is 0. The Balaban J connectivity index is 2.35. The van der Waals surface area contributed by atoms with E-state index in [1.165, 1.54) is 19.1 Å². The van der Waals surface area contributed by atoms with Crippen molar-refractivity contribution in [3.63, 3.8) is 0 Å².